The van der Waals surface area contributed by atoms with E-state index in [1.165, 1.54) is 0 Å². The second-order valence-electron chi connectivity index (χ2n) is 7.44. The second kappa shape index (κ2) is 6.38. The molecule has 2 heterocycles. The Morgan fingerprint density at radius 3 is 2.40 bits per heavy atom. The van der Waals surface area contributed by atoms with Crippen LogP contribution in [0.25, 0.3) is 11.1 Å². The number of amides is 2. The third-order valence-electron chi connectivity index (χ3n) is 4.40. The summed E-state index contributed by atoms with van der Waals surface area (Å²) in [7, 11) is 0. The normalized spacial score (nSPS) is 15.6. The SMILES string of the molecule is CC(C)(C)C(=O)N1CCN(C(=O)Cc2ccc3oc(=O)[nH]c3c2)CC1. The zero-order chi connectivity index (χ0) is 18.2. The van der Waals surface area contributed by atoms with Crippen LogP contribution in [0.2, 0.25) is 0 Å². The quantitative estimate of drug-likeness (QED) is 0.891. The highest BCUT2D eigenvalue weighted by Crippen LogP contribution is 2.19. The lowest BCUT2D eigenvalue weighted by Crippen LogP contribution is -2.53. The molecule has 1 aliphatic heterocycles. The van der Waals surface area contributed by atoms with Crippen LogP contribution in [0.3, 0.4) is 0 Å². The highest BCUT2D eigenvalue weighted by atomic mass is 16.4. The molecule has 1 saturated heterocycles. The van der Waals surface area contributed by atoms with Crippen molar-refractivity contribution in [3.05, 3.63) is 34.3 Å². The third kappa shape index (κ3) is 3.75. The topological polar surface area (TPSA) is 86.6 Å². The highest BCUT2D eigenvalue weighted by Gasteiger charge is 2.30. The van der Waals surface area contributed by atoms with Gasteiger partial charge in [-0.15, -0.1) is 0 Å². The molecule has 1 aliphatic rings. The van der Waals surface area contributed by atoms with E-state index in [2.05, 4.69) is 4.98 Å². The van der Waals surface area contributed by atoms with E-state index in [1.807, 2.05) is 25.7 Å². The summed E-state index contributed by atoms with van der Waals surface area (Å²) in [6, 6.07) is 5.24. The Morgan fingerprint density at radius 1 is 1.12 bits per heavy atom. The summed E-state index contributed by atoms with van der Waals surface area (Å²) in [6.07, 6.45) is 0.260. The number of carbonyl (C=O) groups is 2. The van der Waals surface area contributed by atoms with E-state index >= 15 is 0 Å². The molecule has 7 heteroatoms. The Labute approximate surface area is 145 Å². The summed E-state index contributed by atoms with van der Waals surface area (Å²) in [5.41, 5.74) is 1.50. The number of oxazole rings is 1. The van der Waals surface area contributed by atoms with Gasteiger partial charge in [-0.25, -0.2) is 4.79 Å². The van der Waals surface area contributed by atoms with Crippen molar-refractivity contribution >= 4 is 22.9 Å². The minimum Gasteiger partial charge on any atom is -0.408 e. The van der Waals surface area contributed by atoms with Crippen LogP contribution in [0.5, 0.6) is 0 Å². The largest absolute Gasteiger partial charge is 0.417 e. The number of carbonyl (C=O) groups excluding carboxylic acids is 2. The Kier molecular flexibility index (Phi) is 4.41. The van der Waals surface area contributed by atoms with Gasteiger partial charge in [0, 0.05) is 31.6 Å². The van der Waals surface area contributed by atoms with Crippen LogP contribution in [0.1, 0.15) is 26.3 Å². The minimum absolute atomic E-state index is 0.0213. The van der Waals surface area contributed by atoms with Gasteiger partial charge in [-0.3, -0.25) is 14.6 Å². The molecular formula is C18H23N3O4. The molecule has 2 aromatic rings. The van der Waals surface area contributed by atoms with Gasteiger partial charge >= 0.3 is 5.76 Å². The first kappa shape index (κ1) is 17.3. The van der Waals surface area contributed by atoms with Gasteiger partial charge in [0.2, 0.25) is 11.8 Å². The molecule has 0 unspecified atom stereocenters. The standard InChI is InChI=1S/C18H23N3O4/c1-18(2,3)16(23)21-8-6-20(7-9-21)15(22)11-12-4-5-14-13(10-12)19-17(24)25-14/h4-5,10H,6-9,11H2,1-3H3,(H,19,24). The van der Waals surface area contributed by atoms with Gasteiger partial charge in [-0.2, -0.15) is 0 Å². The smallest absolute Gasteiger partial charge is 0.408 e. The molecule has 0 bridgehead atoms. The molecule has 1 aromatic heterocycles. The molecule has 7 nitrogen and oxygen atoms in total. The van der Waals surface area contributed by atoms with Gasteiger partial charge in [0.1, 0.15) is 0 Å². The van der Waals surface area contributed by atoms with Crippen molar-refractivity contribution in [2.24, 2.45) is 5.41 Å². The van der Waals surface area contributed by atoms with Crippen LogP contribution < -0.4 is 5.76 Å². The van der Waals surface area contributed by atoms with Crippen molar-refractivity contribution in [3.8, 4) is 0 Å². The van der Waals surface area contributed by atoms with Crippen molar-refractivity contribution in [2.75, 3.05) is 26.2 Å². The van der Waals surface area contributed by atoms with Crippen LogP contribution in [-0.4, -0.2) is 52.8 Å². The zero-order valence-corrected chi connectivity index (χ0v) is 14.8. The molecule has 1 aromatic carbocycles. The maximum absolute atomic E-state index is 12.5. The Bertz CT molecular complexity index is 851. The van der Waals surface area contributed by atoms with E-state index in [0.29, 0.717) is 37.3 Å². The molecule has 1 N–H and O–H groups in total. The van der Waals surface area contributed by atoms with Crippen LogP contribution in [0.4, 0.5) is 0 Å². The van der Waals surface area contributed by atoms with Crippen LogP contribution in [-0.2, 0) is 16.0 Å². The fourth-order valence-corrected chi connectivity index (χ4v) is 3.03. The van der Waals surface area contributed by atoms with Gasteiger partial charge in [0.05, 0.1) is 11.9 Å². The number of aromatic amines is 1. The predicted molar refractivity (Wildman–Crippen MR) is 93.2 cm³/mol. The van der Waals surface area contributed by atoms with Crippen molar-refractivity contribution in [2.45, 2.75) is 27.2 Å². The first-order valence-corrected chi connectivity index (χ1v) is 8.43. The molecule has 134 valence electrons. The summed E-state index contributed by atoms with van der Waals surface area (Å²) in [6.45, 7) is 7.94. The molecular weight excluding hydrogens is 322 g/mol. The van der Waals surface area contributed by atoms with E-state index in [9.17, 15) is 14.4 Å². The van der Waals surface area contributed by atoms with E-state index in [0.717, 1.165) is 5.56 Å². The monoisotopic (exact) mass is 345 g/mol. The van der Waals surface area contributed by atoms with Gasteiger partial charge in [0.15, 0.2) is 5.58 Å². The Balaban J connectivity index is 1.60. The Hall–Kier alpha value is -2.57. The zero-order valence-electron chi connectivity index (χ0n) is 14.8. The predicted octanol–water partition coefficient (Wildman–Crippen LogP) is 1.38. The molecule has 3 rings (SSSR count). The average molecular weight is 345 g/mol. The Morgan fingerprint density at radius 2 is 1.76 bits per heavy atom. The number of rotatable bonds is 2. The fourth-order valence-electron chi connectivity index (χ4n) is 3.03. The van der Waals surface area contributed by atoms with Crippen LogP contribution >= 0.6 is 0 Å². The van der Waals surface area contributed by atoms with Crippen molar-refractivity contribution < 1.29 is 14.0 Å². The third-order valence-corrected chi connectivity index (χ3v) is 4.40. The van der Waals surface area contributed by atoms with Gasteiger partial charge in [-0.1, -0.05) is 26.8 Å². The maximum atomic E-state index is 12.5. The van der Waals surface area contributed by atoms with Crippen molar-refractivity contribution in [3.63, 3.8) is 0 Å². The first-order valence-electron chi connectivity index (χ1n) is 8.43. The summed E-state index contributed by atoms with van der Waals surface area (Å²) in [4.78, 5) is 42.2. The van der Waals surface area contributed by atoms with Crippen molar-refractivity contribution in [1.29, 1.82) is 0 Å². The average Bonchev–Trinajstić information content (AvgIpc) is 2.92. The van der Waals surface area contributed by atoms with E-state index in [-0.39, 0.29) is 18.2 Å². The minimum atomic E-state index is -0.502. The number of H-pyrrole nitrogens is 1. The first-order chi connectivity index (χ1) is 11.7. The number of fused-ring (bicyclic) bond motifs is 1. The molecule has 0 spiro atoms. The fraction of sp³-hybridized carbons (Fsp3) is 0.500. The second-order valence-corrected chi connectivity index (χ2v) is 7.44. The molecule has 0 aliphatic carbocycles. The van der Waals surface area contributed by atoms with E-state index in [4.69, 9.17) is 4.42 Å². The molecule has 2 amide bonds. The number of aromatic nitrogens is 1. The lowest BCUT2D eigenvalue weighted by atomic mass is 9.94. The molecule has 0 saturated carbocycles. The molecule has 1 fully saturated rings. The molecule has 0 atom stereocenters. The maximum Gasteiger partial charge on any atom is 0.417 e. The van der Waals surface area contributed by atoms with Gasteiger partial charge in [-0.05, 0) is 17.7 Å². The summed E-state index contributed by atoms with van der Waals surface area (Å²) >= 11 is 0. The summed E-state index contributed by atoms with van der Waals surface area (Å²) in [5, 5.41) is 0. The lowest BCUT2D eigenvalue weighted by molar-refractivity contribution is -0.144. The number of piperazine rings is 1. The number of hydrogen-bond donors (Lipinski definition) is 1. The number of nitrogens with zero attached hydrogens (tertiary/aromatic N) is 2. The van der Waals surface area contributed by atoms with Crippen LogP contribution in [0, 0.1) is 5.41 Å². The van der Waals surface area contributed by atoms with E-state index < -0.39 is 11.2 Å². The van der Waals surface area contributed by atoms with Crippen LogP contribution in [0.15, 0.2) is 27.4 Å². The highest BCUT2D eigenvalue weighted by molar-refractivity contribution is 5.83. The number of benzene rings is 1. The molecule has 25 heavy (non-hydrogen) atoms. The van der Waals surface area contributed by atoms with Crippen molar-refractivity contribution in [1.82, 2.24) is 14.8 Å². The summed E-state index contributed by atoms with van der Waals surface area (Å²) in [5.74, 6) is -0.361. The number of nitrogens with one attached hydrogen (secondary N) is 1. The number of hydrogen-bond acceptors (Lipinski definition) is 4. The summed E-state index contributed by atoms with van der Waals surface area (Å²) < 4.78 is 4.96. The van der Waals surface area contributed by atoms with Gasteiger partial charge in [0.25, 0.3) is 0 Å². The lowest BCUT2D eigenvalue weighted by Gasteiger charge is -2.37. The van der Waals surface area contributed by atoms with Gasteiger partial charge < -0.3 is 14.2 Å². The molecule has 0 radical (unpaired) electrons. The van der Waals surface area contributed by atoms with E-state index in [1.54, 1.807) is 23.1 Å².